The van der Waals surface area contributed by atoms with Crippen molar-refractivity contribution in [2.45, 2.75) is 50.8 Å². The smallest absolute Gasteiger partial charge is 0.191 e. The maximum absolute atomic E-state index is 5.77. The molecule has 3 rings (SSSR count). The SMILES string of the molecule is CCNC(=NCC1(OC)CCOCC1)NC1CCc2ncnn2C1.I. The number of aromatic nitrogens is 3. The molecule has 142 valence electrons. The molecule has 1 atom stereocenters. The van der Waals surface area contributed by atoms with E-state index < -0.39 is 0 Å². The Bertz CT molecular complexity index is 559. The van der Waals surface area contributed by atoms with E-state index in [1.165, 1.54) is 0 Å². The third-order valence-corrected chi connectivity index (χ3v) is 4.85. The van der Waals surface area contributed by atoms with E-state index in [0.717, 1.165) is 63.8 Å². The summed E-state index contributed by atoms with van der Waals surface area (Å²) < 4.78 is 13.2. The van der Waals surface area contributed by atoms with Crippen LogP contribution >= 0.6 is 24.0 Å². The van der Waals surface area contributed by atoms with Crippen LogP contribution in [-0.4, -0.2) is 65.8 Å². The fourth-order valence-corrected chi connectivity index (χ4v) is 3.26. The van der Waals surface area contributed by atoms with Crippen LogP contribution in [0.15, 0.2) is 11.3 Å². The minimum absolute atomic E-state index is 0. The third-order valence-electron chi connectivity index (χ3n) is 4.85. The zero-order valence-electron chi connectivity index (χ0n) is 15.0. The van der Waals surface area contributed by atoms with Gasteiger partial charge in [0.1, 0.15) is 12.2 Å². The molecule has 9 heteroatoms. The molecular weight excluding hydrogens is 435 g/mol. The van der Waals surface area contributed by atoms with E-state index in [-0.39, 0.29) is 29.6 Å². The van der Waals surface area contributed by atoms with E-state index in [1.807, 2.05) is 4.68 Å². The first kappa shape index (κ1) is 20.4. The van der Waals surface area contributed by atoms with Gasteiger partial charge in [-0.25, -0.2) is 9.67 Å². The lowest BCUT2D eigenvalue weighted by atomic mass is 9.94. The number of nitrogens with zero attached hydrogens (tertiary/aromatic N) is 4. The number of aliphatic imine (C=N–C) groups is 1. The normalized spacial score (nSPS) is 22.6. The minimum Gasteiger partial charge on any atom is -0.381 e. The second-order valence-electron chi connectivity index (χ2n) is 6.43. The highest BCUT2D eigenvalue weighted by Gasteiger charge is 2.32. The summed E-state index contributed by atoms with van der Waals surface area (Å²) in [5.74, 6) is 1.91. The predicted molar refractivity (Wildman–Crippen MR) is 106 cm³/mol. The number of methoxy groups -OCH3 is 1. The van der Waals surface area contributed by atoms with Gasteiger partial charge in [-0.05, 0) is 13.3 Å². The number of rotatable bonds is 5. The highest BCUT2D eigenvalue weighted by molar-refractivity contribution is 14.0. The number of aryl methyl sites for hydroxylation is 1. The van der Waals surface area contributed by atoms with Crippen molar-refractivity contribution >= 4 is 29.9 Å². The minimum atomic E-state index is -0.202. The molecule has 2 N–H and O–H groups in total. The van der Waals surface area contributed by atoms with Crippen LogP contribution in [0.5, 0.6) is 0 Å². The first-order chi connectivity index (χ1) is 11.7. The predicted octanol–water partition coefficient (Wildman–Crippen LogP) is 0.962. The van der Waals surface area contributed by atoms with Gasteiger partial charge in [0, 0.05) is 52.2 Å². The van der Waals surface area contributed by atoms with Crippen molar-refractivity contribution in [2.75, 3.05) is 33.4 Å². The number of guanidine groups is 1. The largest absolute Gasteiger partial charge is 0.381 e. The van der Waals surface area contributed by atoms with Crippen molar-refractivity contribution in [2.24, 2.45) is 4.99 Å². The monoisotopic (exact) mass is 464 g/mol. The molecule has 0 aromatic carbocycles. The van der Waals surface area contributed by atoms with Crippen LogP contribution in [0.2, 0.25) is 0 Å². The van der Waals surface area contributed by atoms with Gasteiger partial charge in [0.15, 0.2) is 5.96 Å². The molecule has 1 saturated heterocycles. The quantitative estimate of drug-likeness (QED) is 0.384. The molecule has 1 unspecified atom stereocenters. The van der Waals surface area contributed by atoms with Crippen LogP contribution in [0.4, 0.5) is 0 Å². The molecule has 0 radical (unpaired) electrons. The van der Waals surface area contributed by atoms with Crippen molar-refractivity contribution < 1.29 is 9.47 Å². The van der Waals surface area contributed by atoms with E-state index >= 15 is 0 Å². The lowest BCUT2D eigenvalue weighted by Crippen LogP contribution is -2.48. The molecule has 3 heterocycles. The molecule has 1 fully saturated rings. The van der Waals surface area contributed by atoms with Gasteiger partial charge in [0.25, 0.3) is 0 Å². The molecule has 0 spiro atoms. The summed E-state index contributed by atoms with van der Waals surface area (Å²) in [7, 11) is 1.77. The maximum atomic E-state index is 5.77. The summed E-state index contributed by atoms with van der Waals surface area (Å²) in [6.45, 7) is 5.85. The molecule has 0 amide bonds. The van der Waals surface area contributed by atoms with Crippen molar-refractivity contribution in [1.29, 1.82) is 0 Å². The number of fused-ring (bicyclic) bond motifs is 1. The van der Waals surface area contributed by atoms with Crippen LogP contribution < -0.4 is 10.6 Å². The molecule has 0 saturated carbocycles. The Morgan fingerprint density at radius 3 is 3.00 bits per heavy atom. The van der Waals surface area contributed by atoms with Crippen molar-refractivity contribution in [3.8, 4) is 0 Å². The van der Waals surface area contributed by atoms with Crippen LogP contribution in [0, 0.1) is 0 Å². The number of ether oxygens (including phenoxy) is 2. The van der Waals surface area contributed by atoms with Gasteiger partial charge < -0.3 is 20.1 Å². The molecule has 2 aliphatic rings. The van der Waals surface area contributed by atoms with Crippen molar-refractivity contribution in [1.82, 2.24) is 25.4 Å². The molecule has 25 heavy (non-hydrogen) atoms. The Labute approximate surface area is 166 Å². The molecule has 1 aromatic rings. The fraction of sp³-hybridized carbons (Fsp3) is 0.812. The van der Waals surface area contributed by atoms with E-state index in [1.54, 1.807) is 13.4 Å². The van der Waals surface area contributed by atoms with Gasteiger partial charge in [0.2, 0.25) is 0 Å². The zero-order chi connectivity index (χ0) is 16.8. The zero-order valence-corrected chi connectivity index (χ0v) is 17.4. The fourth-order valence-electron chi connectivity index (χ4n) is 3.26. The summed E-state index contributed by atoms with van der Waals surface area (Å²) in [4.78, 5) is 9.06. The Balaban J connectivity index is 0.00000225. The van der Waals surface area contributed by atoms with E-state index in [9.17, 15) is 0 Å². The summed E-state index contributed by atoms with van der Waals surface area (Å²) in [6.07, 6.45) is 5.38. The van der Waals surface area contributed by atoms with Crippen LogP contribution in [0.1, 0.15) is 32.0 Å². The number of hydrogen-bond donors (Lipinski definition) is 2. The van der Waals surface area contributed by atoms with Gasteiger partial charge >= 0.3 is 0 Å². The van der Waals surface area contributed by atoms with Crippen LogP contribution in [0.3, 0.4) is 0 Å². The van der Waals surface area contributed by atoms with Crippen molar-refractivity contribution in [3.05, 3.63) is 12.2 Å². The molecular formula is C16H29IN6O2. The maximum Gasteiger partial charge on any atom is 0.191 e. The summed E-state index contributed by atoms with van der Waals surface area (Å²) in [6, 6.07) is 0.310. The lowest BCUT2D eigenvalue weighted by molar-refractivity contribution is -0.0828. The molecule has 8 nitrogen and oxygen atoms in total. The van der Waals surface area contributed by atoms with Crippen LogP contribution in [-0.2, 0) is 22.4 Å². The standard InChI is InChI=1S/C16H28N6O2.HI/c1-3-17-15(18-11-16(23-2)6-8-24-9-7-16)21-13-4-5-14-19-12-20-22(14)10-13;/h12-13H,3-11H2,1-2H3,(H2,17,18,21);1H. The first-order valence-electron chi connectivity index (χ1n) is 8.79. The third kappa shape index (κ3) is 5.27. The Morgan fingerprint density at radius 2 is 2.28 bits per heavy atom. The molecule has 0 aliphatic carbocycles. The van der Waals surface area contributed by atoms with E-state index in [0.29, 0.717) is 12.6 Å². The number of nitrogens with one attached hydrogen (secondary N) is 2. The summed E-state index contributed by atoms with van der Waals surface area (Å²) in [5, 5.41) is 11.1. The Kier molecular flexibility index (Phi) is 7.88. The lowest BCUT2D eigenvalue weighted by Gasteiger charge is -2.35. The Hall–Kier alpha value is -0.940. The Morgan fingerprint density at radius 1 is 1.48 bits per heavy atom. The molecule has 0 bridgehead atoms. The highest BCUT2D eigenvalue weighted by Crippen LogP contribution is 2.24. The van der Waals surface area contributed by atoms with Gasteiger partial charge in [-0.3, -0.25) is 4.99 Å². The second kappa shape index (κ2) is 9.67. The topological polar surface area (TPSA) is 85.6 Å². The first-order valence-corrected chi connectivity index (χ1v) is 8.79. The van der Waals surface area contributed by atoms with Gasteiger partial charge in [0.05, 0.1) is 18.7 Å². The van der Waals surface area contributed by atoms with Crippen LogP contribution in [0.25, 0.3) is 0 Å². The molecule has 1 aromatic heterocycles. The van der Waals surface area contributed by atoms with E-state index in [4.69, 9.17) is 14.5 Å². The highest BCUT2D eigenvalue weighted by atomic mass is 127. The van der Waals surface area contributed by atoms with Gasteiger partial charge in [-0.2, -0.15) is 5.10 Å². The van der Waals surface area contributed by atoms with Crippen molar-refractivity contribution in [3.63, 3.8) is 0 Å². The van der Waals surface area contributed by atoms with Gasteiger partial charge in [-0.15, -0.1) is 24.0 Å². The summed E-state index contributed by atoms with van der Waals surface area (Å²) >= 11 is 0. The van der Waals surface area contributed by atoms with Gasteiger partial charge in [-0.1, -0.05) is 0 Å². The number of hydrogen-bond acceptors (Lipinski definition) is 5. The summed E-state index contributed by atoms with van der Waals surface area (Å²) in [5.41, 5.74) is -0.202. The average molecular weight is 464 g/mol. The van der Waals surface area contributed by atoms with E-state index in [2.05, 4.69) is 27.6 Å². The second-order valence-corrected chi connectivity index (χ2v) is 6.43. The average Bonchev–Trinajstić information content (AvgIpc) is 3.08. The molecule has 2 aliphatic heterocycles. The number of halogens is 1.